The minimum atomic E-state index is -1.34. The highest BCUT2D eigenvalue weighted by molar-refractivity contribution is 5.73. The summed E-state index contributed by atoms with van der Waals surface area (Å²) in [6.07, 6.45) is 1.13. The van der Waals surface area contributed by atoms with Crippen molar-refractivity contribution in [3.63, 3.8) is 0 Å². The molecule has 8 heteroatoms. The van der Waals surface area contributed by atoms with Crippen molar-refractivity contribution in [1.29, 1.82) is 0 Å². The Balaban J connectivity index is 1.71. The summed E-state index contributed by atoms with van der Waals surface area (Å²) < 4.78 is 23.3. The molecule has 172 valence electrons. The number of hydrogen-bond acceptors (Lipinski definition) is 7. The first-order valence-corrected chi connectivity index (χ1v) is 11.1. The smallest absolute Gasteiger partial charge is 0.306 e. The van der Waals surface area contributed by atoms with Crippen molar-refractivity contribution in [3.05, 3.63) is 35.9 Å². The predicted molar refractivity (Wildman–Crippen MR) is 112 cm³/mol. The predicted octanol–water partition coefficient (Wildman–Crippen LogP) is 2.59. The molecule has 2 N–H and O–H groups in total. The molecule has 2 saturated heterocycles. The molecule has 6 atom stereocenters. The number of aliphatic hydroxyl groups excluding tert-OH is 1. The van der Waals surface area contributed by atoms with Crippen molar-refractivity contribution in [2.24, 2.45) is 0 Å². The first-order chi connectivity index (χ1) is 15.0. The normalized spacial score (nSPS) is 30.3. The van der Waals surface area contributed by atoms with Crippen LogP contribution in [0.1, 0.15) is 64.2 Å². The Labute approximate surface area is 183 Å². The van der Waals surface area contributed by atoms with Crippen molar-refractivity contribution in [1.82, 2.24) is 5.32 Å². The van der Waals surface area contributed by atoms with Gasteiger partial charge in [0.25, 0.3) is 0 Å². The molecule has 8 nitrogen and oxygen atoms in total. The molecule has 0 aliphatic carbocycles. The number of carbonyl (C=O) groups excluding carboxylic acids is 2. The van der Waals surface area contributed by atoms with Crippen LogP contribution >= 0.6 is 0 Å². The van der Waals surface area contributed by atoms with Crippen molar-refractivity contribution >= 4 is 11.9 Å². The van der Waals surface area contributed by atoms with Gasteiger partial charge in [0.15, 0.2) is 18.7 Å². The maximum absolute atomic E-state index is 12.6. The van der Waals surface area contributed by atoms with Gasteiger partial charge in [-0.25, -0.2) is 0 Å². The molecular formula is C23H33NO7. The van der Waals surface area contributed by atoms with Crippen LogP contribution in [0.25, 0.3) is 0 Å². The van der Waals surface area contributed by atoms with Gasteiger partial charge in [-0.3, -0.25) is 9.59 Å². The van der Waals surface area contributed by atoms with Crippen LogP contribution in [0.5, 0.6) is 0 Å². The van der Waals surface area contributed by atoms with E-state index in [0.717, 1.165) is 37.7 Å². The Morgan fingerprint density at radius 2 is 1.87 bits per heavy atom. The third-order valence-electron chi connectivity index (χ3n) is 5.55. The summed E-state index contributed by atoms with van der Waals surface area (Å²) in [5, 5.41) is 13.1. The number of nitrogens with one attached hydrogen (secondary N) is 1. The third kappa shape index (κ3) is 6.49. The van der Waals surface area contributed by atoms with E-state index in [-0.39, 0.29) is 24.9 Å². The van der Waals surface area contributed by atoms with Crippen LogP contribution in [-0.2, 0) is 28.5 Å². The van der Waals surface area contributed by atoms with Gasteiger partial charge in [0.05, 0.1) is 6.61 Å². The lowest BCUT2D eigenvalue weighted by atomic mass is 9.95. The summed E-state index contributed by atoms with van der Waals surface area (Å²) in [5.41, 5.74) is 0.823. The second-order valence-electron chi connectivity index (χ2n) is 8.09. The molecule has 2 aliphatic heterocycles. The van der Waals surface area contributed by atoms with Gasteiger partial charge >= 0.3 is 5.97 Å². The Kier molecular flexibility index (Phi) is 8.83. The Hall–Kier alpha value is -2.00. The molecule has 0 radical (unpaired) electrons. The minimum Gasteiger partial charge on any atom is -0.457 e. The number of ether oxygens (including phenoxy) is 4. The fourth-order valence-electron chi connectivity index (χ4n) is 3.98. The zero-order chi connectivity index (χ0) is 22.2. The van der Waals surface area contributed by atoms with Crippen LogP contribution in [0.3, 0.4) is 0 Å². The van der Waals surface area contributed by atoms with E-state index in [2.05, 4.69) is 12.2 Å². The lowest BCUT2D eigenvalue weighted by Gasteiger charge is -2.47. The first-order valence-electron chi connectivity index (χ1n) is 11.1. The van der Waals surface area contributed by atoms with Crippen molar-refractivity contribution < 1.29 is 33.6 Å². The number of fused-ring (bicyclic) bond motifs is 1. The van der Waals surface area contributed by atoms with Gasteiger partial charge in [-0.05, 0) is 6.42 Å². The number of carbonyl (C=O) groups is 2. The molecule has 1 aromatic rings. The van der Waals surface area contributed by atoms with Gasteiger partial charge in [0.2, 0.25) is 5.91 Å². The van der Waals surface area contributed by atoms with Gasteiger partial charge in [-0.2, -0.15) is 0 Å². The van der Waals surface area contributed by atoms with Crippen molar-refractivity contribution in [2.75, 3.05) is 6.61 Å². The summed E-state index contributed by atoms with van der Waals surface area (Å²) in [7, 11) is 0. The number of rotatable bonds is 9. The summed E-state index contributed by atoms with van der Waals surface area (Å²) >= 11 is 0. The fourth-order valence-corrected chi connectivity index (χ4v) is 3.98. The average molecular weight is 436 g/mol. The van der Waals surface area contributed by atoms with Crippen LogP contribution in [0.4, 0.5) is 0 Å². The van der Waals surface area contributed by atoms with Crippen LogP contribution in [0.15, 0.2) is 30.3 Å². The van der Waals surface area contributed by atoms with E-state index in [4.69, 9.17) is 18.9 Å². The SMILES string of the molecule is CCCCCCCC(=O)O[C@@H]1[C@H](NC(C)=O)[C@H](O)O[C@H]2CO[C@@H](c3ccccc3)O[C@@H]12. The number of unbranched alkanes of at least 4 members (excludes halogenated alkanes) is 4. The molecule has 0 bridgehead atoms. The molecule has 0 aromatic heterocycles. The second kappa shape index (κ2) is 11.6. The van der Waals surface area contributed by atoms with E-state index in [1.807, 2.05) is 30.3 Å². The number of amides is 1. The lowest BCUT2D eigenvalue weighted by Crippen LogP contribution is -2.67. The average Bonchev–Trinajstić information content (AvgIpc) is 2.76. The minimum absolute atomic E-state index is 0.166. The number of esters is 1. The van der Waals surface area contributed by atoms with E-state index in [1.165, 1.54) is 6.92 Å². The van der Waals surface area contributed by atoms with Crippen LogP contribution in [-0.4, -0.2) is 54.2 Å². The van der Waals surface area contributed by atoms with Gasteiger partial charge in [-0.1, -0.05) is 62.9 Å². The van der Waals surface area contributed by atoms with E-state index >= 15 is 0 Å². The van der Waals surface area contributed by atoms with Crippen LogP contribution < -0.4 is 5.32 Å². The summed E-state index contributed by atoms with van der Waals surface area (Å²) in [6.45, 7) is 3.64. The molecule has 2 heterocycles. The molecule has 0 spiro atoms. The van der Waals surface area contributed by atoms with E-state index in [1.54, 1.807) is 0 Å². The lowest BCUT2D eigenvalue weighted by molar-refractivity contribution is -0.338. The monoisotopic (exact) mass is 435 g/mol. The van der Waals surface area contributed by atoms with E-state index in [9.17, 15) is 14.7 Å². The highest BCUT2D eigenvalue weighted by Crippen LogP contribution is 2.35. The topological polar surface area (TPSA) is 103 Å². The molecule has 31 heavy (non-hydrogen) atoms. The molecule has 1 aromatic carbocycles. The van der Waals surface area contributed by atoms with E-state index in [0.29, 0.717) is 0 Å². The number of benzene rings is 1. The standard InChI is InChI=1S/C23H33NO7/c1-3-4-5-6-10-13-18(26)30-21-19(24-15(2)25)22(27)29-17-14-28-23(31-20(17)21)16-11-8-7-9-12-16/h7-9,11-12,17,19-23,27H,3-6,10,13-14H2,1-2H3,(H,24,25)/t17-,19-,20+,21+,22+,23+/m0/s1. The Morgan fingerprint density at radius 1 is 1.13 bits per heavy atom. The number of hydrogen-bond donors (Lipinski definition) is 2. The Bertz CT molecular complexity index is 713. The van der Waals surface area contributed by atoms with Gasteiger partial charge in [0.1, 0.15) is 18.2 Å². The van der Waals surface area contributed by atoms with Gasteiger partial charge < -0.3 is 29.4 Å². The fraction of sp³-hybridized carbons (Fsp3) is 0.652. The Morgan fingerprint density at radius 3 is 2.58 bits per heavy atom. The zero-order valence-electron chi connectivity index (χ0n) is 18.2. The van der Waals surface area contributed by atoms with Crippen LogP contribution in [0, 0.1) is 0 Å². The molecule has 0 saturated carbocycles. The molecule has 3 rings (SSSR count). The highest BCUT2D eigenvalue weighted by Gasteiger charge is 2.51. The molecule has 1 amide bonds. The molecule has 2 fully saturated rings. The highest BCUT2D eigenvalue weighted by atomic mass is 16.7. The van der Waals surface area contributed by atoms with Crippen molar-refractivity contribution in [3.8, 4) is 0 Å². The zero-order valence-corrected chi connectivity index (χ0v) is 18.2. The summed E-state index contributed by atoms with van der Waals surface area (Å²) in [5.74, 6) is -0.741. The maximum Gasteiger partial charge on any atom is 0.306 e. The van der Waals surface area contributed by atoms with E-state index < -0.39 is 36.9 Å². The first kappa shape index (κ1) is 23.7. The second-order valence-corrected chi connectivity index (χ2v) is 8.09. The third-order valence-corrected chi connectivity index (χ3v) is 5.55. The number of aliphatic hydroxyl groups is 1. The van der Waals surface area contributed by atoms with Crippen molar-refractivity contribution in [2.45, 2.75) is 89.3 Å². The summed E-state index contributed by atoms with van der Waals surface area (Å²) in [6, 6.07) is 8.49. The molecular weight excluding hydrogens is 402 g/mol. The largest absolute Gasteiger partial charge is 0.457 e. The molecule has 2 aliphatic rings. The maximum atomic E-state index is 12.6. The quantitative estimate of drug-likeness (QED) is 0.454. The molecule has 0 unspecified atom stereocenters. The van der Waals surface area contributed by atoms with Gasteiger partial charge in [-0.15, -0.1) is 0 Å². The van der Waals surface area contributed by atoms with Gasteiger partial charge in [0, 0.05) is 18.9 Å². The van der Waals surface area contributed by atoms with Crippen LogP contribution in [0.2, 0.25) is 0 Å². The summed E-state index contributed by atoms with van der Waals surface area (Å²) in [4.78, 5) is 24.3.